The number of aliphatic hydroxyl groups is 2. The summed E-state index contributed by atoms with van der Waals surface area (Å²) in [7, 11) is 0. The van der Waals surface area contributed by atoms with Gasteiger partial charge in [0.15, 0.2) is 6.23 Å². The lowest BCUT2D eigenvalue weighted by Gasteiger charge is -2.52. The quantitative estimate of drug-likeness (QED) is 0.184. The number of piperidine rings is 2. The maximum atomic E-state index is 15.0. The van der Waals surface area contributed by atoms with Crippen molar-refractivity contribution in [2.45, 2.75) is 107 Å². The van der Waals surface area contributed by atoms with E-state index in [-0.39, 0.29) is 70.5 Å². The van der Waals surface area contributed by atoms with Crippen molar-refractivity contribution in [3.63, 3.8) is 0 Å². The van der Waals surface area contributed by atoms with Crippen molar-refractivity contribution in [1.29, 1.82) is 0 Å². The van der Waals surface area contributed by atoms with E-state index in [2.05, 4.69) is 4.98 Å². The molecule has 5 atom stereocenters. The number of pyridine rings is 1. The second kappa shape index (κ2) is 15.8. The number of carboxylic acids is 1. The normalized spacial score (nSPS) is 27.1. The lowest BCUT2D eigenvalue weighted by atomic mass is 9.74. The molecular weight excluding hydrogens is 756 g/mol. The lowest BCUT2D eigenvalue weighted by Crippen LogP contribution is -2.68. The third-order valence-electron chi connectivity index (χ3n) is 11.4. The molecule has 0 bridgehead atoms. The molecule has 55 heavy (non-hydrogen) atoms. The number of likely N-dealkylation sites (tertiary alicyclic amines) is 2. The van der Waals surface area contributed by atoms with Crippen molar-refractivity contribution in [2.75, 3.05) is 26.2 Å². The van der Waals surface area contributed by atoms with Crippen LogP contribution in [0.3, 0.4) is 0 Å². The molecular formula is C38H45F6N3O7S. The van der Waals surface area contributed by atoms with E-state index in [9.17, 15) is 51.3 Å². The van der Waals surface area contributed by atoms with Crippen LogP contribution >= 0.6 is 11.3 Å². The number of allylic oxidation sites excluding steroid dienone is 2. The molecule has 302 valence electrons. The number of carbonyl (C=O) groups excluding carboxylic acids is 1. The number of thiophene rings is 1. The van der Waals surface area contributed by atoms with Crippen LogP contribution in [0.2, 0.25) is 0 Å². The second-order valence-electron chi connectivity index (χ2n) is 15.1. The number of hydrogen-bond donors (Lipinski definition) is 3. The topological polar surface area (TPSA) is 133 Å². The molecule has 17 heteroatoms. The summed E-state index contributed by atoms with van der Waals surface area (Å²) in [5.41, 5.74) is -5.54. The first kappa shape index (κ1) is 41.1. The number of amides is 1. The molecule has 3 N–H and O–H groups in total. The Morgan fingerprint density at radius 2 is 1.75 bits per heavy atom. The van der Waals surface area contributed by atoms with Gasteiger partial charge in [-0.2, -0.15) is 26.3 Å². The zero-order valence-corrected chi connectivity index (χ0v) is 31.0. The first-order valence-electron chi connectivity index (χ1n) is 18.4. The maximum Gasteiger partial charge on any atom is 0.425 e. The van der Waals surface area contributed by atoms with Gasteiger partial charge in [0, 0.05) is 48.6 Å². The second-order valence-corrected chi connectivity index (χ2v) is 16.0. The van der Waals surface area contributed by atoms with E-state index in [0.29, 0.717) is 17.8 Å². The molecule has 0 radical (unpaired) electrons. The number of alkyl halides is 6. The van der Waals surface area contributed by atoms with Crippen molar-refractivity contribution in [2.24, 2.45) is 11.3 Å². The summed E-state index contributed by atoms with van der Waals surface area (Å²) < 4.78 is 96.0. The van der Waals surface area contributed by atoms with Gasteiger partial charge in [-0.15, -0.1) is 11.3 Å². The standard InChI is InChI=1S/C38H45F6N3O7S/c1-2-7-28-36(54-24-20-29(55-22-24)38(42,43)44,11-6-17-47(28)32(50)31-26(37(39,40)41)9-5-16-45-31)33(51)46-18-14-35(52,15-19-46)25-8-3-4-10-27(25)53-23-34(12-13-34)21-30(48)49/h3-5,8-10,16,20,22,25,27-28,32,50,52H,2,6-7,11-15,17-19,21,23H2,1H3,(H,48,49). The van der Waals surface area contributed by atoms with Crippen LogP contribution in [0.4, 0.5) is 26.3 Å². The van der Waals surface area contributed by atoms with Crippen molar-refractivity contribution in [3.8, 4) is 5.75 Å². The zero-order valence-electron chi connectivity index (χ0n) is 30.2. The SMILES string of the molecule is CCCC1N(C(O)c2ncccc2C(F)(F)F)CCCC1(Oc1csc(C(F)(F)F)c1)C(=O)N1CCC(O)(C2C=CC=CC2OCC2(CC(=O)O)CC2)CC1. The molecule has 2 saturated heterocycles. The van der Waals surface area contributed by atoms with E-state index in [4.69, 9.17) is 9.47 Å². The van der Waals surface area contributed by atoms with Crippen LogP contribution in [0.1, 0.15) is 87.1 Å². The molecule has 6 rings (SSSR count). The first-order chi connectivity index (χ1) is 25.9. The van der Waals surface area contributed by atoms with Gasteiger partial charge >= 0.3 is 18.3 Å². The van der Waals surface area contributed by atoms with Crippen LogP contribution < -0.4 is 4.74 Å². The minimum absolute atomic E-state index is 0.00377. The van der Waals surface area contributed by atoms with Gasteiger partial charge in [-0.3, -0.25) is 19.5 Å². The fourth-order valence-corrected chi connectivity index (χ4v) is 8.99. The van der Waals surface area contributed by atoms with Crippen molar-refractivity contribution in [1.82, 2.24) is 14.8 Å². The predicted octanol–water partition coefficient (Wildman–Crippen LogP) is 6.99. The summed E-state index contributed by atoms with van der Waals surface area (Å²) >= 11 is 0.383. The maximum absolute atomic E-state index is 15.0. The van der Waals surface area contributed by atoms with Crippen LogP contribution in [0, 0.1) is 11.3 Å². The molecule has 0 spiro atoms. The van der Waals surface area contributed by atoms with Gasteiger partial charge in [-0.1, -0.05) is 37.6 Å². The van der Waals surface area contributed by atoms with Crippen LogP contribution in [-0.4, -0.2) is 91.6 Å². The van der Waals surface area contributed by atoms with Gasteiger partial charge in [0.05, 0.1) is 42.0 Å². The average Bonchev–Trinajstić information content (AvgIpc) is 3.72. The largest absolute Gasteiger partial charge is 0.481 e. The molecule has 1 amide bonds. The highest BCUT2D eigenvalue weighted by Crippen LogP contribution is 2.50. The number of carboxylic acid groups (broad SMARTS) is 1. The molecule has 4 heterocycles. The van der Waals surface area contributed by atoms with Crippen molar-refractivity contribution in [3.05, 3.63) is 70.2 Å². The highest BCUT2D eigenvalue weighted by atomic mass is 32.1. The van der Waals surface area contributed by atoms with Gasteiger partial charge < -0.3 is 29.7 Å². The van der Waals surface area contributed by atoms with Crippen LogP contribution in [-0.2, 0) is 26.7 Å². The summed E-state index contributed by atoms with van der Waals surface area (Å²) in [6.45, 7) is 2.07. The summed E-state index contributed by atoms with van der Waals surface area (Å²) in [5, 5.41) is 34.1. The van der Waals surface area contributed by atoms with E-state index in [0.717, 1.165) is 42.6 Å². The molecule has 2 aromatic heterocycles. The molecule has 5 unspecified atom stereocenters. The fourth-order valence-electron chi connectivity index (χ4n) is 8.31. The molecule has 3 fully saturated rings. The number of hydrogen-bond acceptors (Lipinski definition) is 9. The Morgan fingerprint density at radius 1 is 1.04 bits per heavy atom. The highest BCUT2D eigenvalue weighted by molar-refractivity contribution is 7.10. The van der Waals surface area contributed by atoms with E-state index in [1.165, 1.54) is 9.80 Å². The first-order valence-corrected chi connectivity index (χ1v) is 19.3. The van der Waals surface area contributed by atoms with E-state index >= 15 is 0 Å². The highest BCUT2D eigenvalue weighted by Gasteiger charge is 2.57. The van der Waals surface area contributed by atoms with Gasteiger partial charge in [0.1, 0.15) is 10.6 Å². The van der Waals surface area contributed by atoms with Crippen LogP contribution in [0.5, 0.6) is 5.75 Å². The van der Waals surface area contributed by atoms with Crippen LogP contribution in [0.25, 0.3) is 0 Å². The van der Waals surface area contributed by atoms with Gasteiger partial charge in [-0.25, -0.2) is 0 Å². The van der Waals surface area contributed by atoms with E-state index < -0.39 is 81.3 Å². The number of halogens is 6. The Balaban J connectivity index is 1.28. The van der Waals surface area contributed by atoms with Gasteiger partial charge in [0.25, 0.3) is 5.91 Å². The Labute approximate surface area is 318 Å². The van der Waals surface area contributed by atoms with E-state index in [1.54, 1.807) is 25.2 Å². The Morgan fingerprint density at radius 3 is 2.36 bits per heavy atom. The van der Waals surface area contributed by atoms with Crippen molar-refractivity contribution < 1.29 is 60.7 Å². The summed E-state index contributed by atoms with van der Waals surface area (Å²) in [6.07, 6.45) is -1.46. The number of ether oxygens (including phenoxy) is 2. The summed E-state index contributed by atoms with van der Waals surface area (Å²) in [4.78, 5) is 32.1. The number of nitrogens with zero attached hydrogens (tertiary/aromatic N) is 3. The molecule has 4 aliphatic rings. The average molecular weight is 802 g/mol. The number of carbonyl (C=O) groups is 2. The fraction of sp³-hybridized carbons (Fsp3) is 0.605. The number of aliphatic hydroxyl groups excluding tert-OH is 1. The molecule has 0 aromatic carbocycles. The Hall–Kier alpha value is -3.51. The molecule has 2 aromatic rings. The molecule has 1 saturated carbocycles. The van der Waals surface area contributed by atoms with Crippen molar-refractivity contribution >= 4 is 23.2 Å². The number of aromatic nitrogens is 1. The summed E-state index contributed by atoms with van der Waals surface area (Å²) in [5.74, 6) is -2.28. The monoisotopic (exact) mass is 801 g/mol. The number of rotatable bonds is 13. The third kappa shape index (κ3) is 8.75. The zero-order chi connectivity index (χ0) is 39.8. The molecule has 2 aliphatic carbocycles. The summed E-state index contributed by atoms with van der Waals surface area (Å²) in [6, 6.07) is 1.60. The van der Waals surface area contributed by atoms with Gasteiger partial charge in [-0.05, 0) is 57.1 Å². The lowest BCUT2D eigenvalue weighted by molar-refractivity contribution is -0.178. The van der Waals surface area contributed by atoms with Crippen LogP contribution in [0.15, 0.2) is 54.1 Å². The minimum atomic E-state index is -4.86. The molecule has 2 aliphatic heterocycles. The molecule has 10 nitrogen and oxygen atoms in total. The Bertz CT molecular complexity index is 1750. The predicted molar refractivity (Wildman–Crippen MR) is 188 cm³/mol. The smallest absolute Gasteiger partial charge is 0.425 e. The third-order valence-corrected chi connectivity index (χ3v) is 12.3. The Kier molecular flexibility index (Phi) is 11.8. The van der Waals surface area contributed by atoms with Gasteiger partial charge in [0.2, 0.25) is 5.60 Å². The number of aliphatic carboxylic acids is 1. The van der Waals surface area contributed by atoms with E-state index in [1.807, 2.05) is 6.08 Å². The minimum Gasteiger partial charge on any atom is -0.481 e.